The molecule has 1 aliphatic rings. The van der Waals surface area contributed by atoms with Gasteiger partial charge in [-0.1, -0.05) is 23.9 Å². The van der Waals surface area contributed by atoms with Crippen molar-refractivity contribution < 1.29 is 14.3 Å². The Morgan fingerprint density at radius 3 is 2.75 bits per heavy atom. The van der Waals surface area contributed by atoms with Crippen LogP contribution in [0.2, 0.25) is 0 Å². The van der Waals surface area contributed by atoms with Crippen LogP contribution in [0, 0.1) is 6.92 Å². The van der Waals surface area contributed by atoms with Gasteiger partial charge >= 0.3 is 5.97 Å². The average Bonchev–Trinajstić information content (AvgIpc) is 3.13. The maximum Gasteiger partial charge on any atom is 0.311 e. The third kappa shape index (κ3) is 5.72. The first kappa shape index (κ1) is 20.7. The number of hydrogen-bond donors (Lipinski definition) is 0. The van der Waals surface area contributed by atoms with E-state index in [1.54, 1.807) is 6.92 Å². The van der Waals surface area contributed by atoms with Gasteiger partial charge in [0.25, 0.3) is 0 Å². The molecule has 2 aromatic rings. The van der Waals surface area contributed by atoms with Crippen molar-refractivity contribution in [3.8, 4) is 0 Å². The minimum Gasteiger partial charge on any atom is -0.466 e. The quantitative estimate of drug-likeness (QED) is 0.508. The molecule has 0 atom stereocenters. The van der Waals surface area contributed by atoms with Crippen molar-refractivity contribution in [3.05, 3.63) is 40.9 Å². The number of carbonyl (C=O) groups excluding carboxylic acids is 2. The van der Waals surface area contributed by atoms with Gasteiger partial charge in [-0.25, -0.2) is 4.98 Å². The summed E-state index contributed by atoms with van der Waals surface area (Å²) in [4.78, 5) is 32.7. The van der Waals surface area contributed by atoms with Crippen LogP contribution in [0.5, 0.6) is 0 Å². The first-order chi connectivity index (χ1) is 13.5. The molecule has 150 valence electrons. The molecule has 0 N–H and O–H groups in total. The van der Waals surface area contributed by atoms with Crippen LogP contribution in [0.3, 0.4) is 0 Å². The molecule has 1 aromatic heterocycles. The lowest BCUT2D eigenvalue weighted by Gasteiger charge is -2.36. The summed E-state index contributed by atoms with van der Waals surface area (Å²) >= 11 is 2.90. The molecular formula is C20H25N3O3S2. The topological polar surface area (TPSA) is 62.7 Å². The van der Waals surface area contributed by atoms with Crippen LogP contribution in [-0.2, 0) is 20.7 Å². The number of hydrogen-bond acceptors (Lipinski definition) is 7. The van der Waals surface area contributed by atoms with E-state index in [2.05, 4.69) is 41.1 Å². The highest BCUT2D eigenvalue weighted by Crippen LogP contribution is 2.24. The number of rotatable bonds is 7. The predicted molar refractivity (Wildman–Crippen MR) is 113 cm³/mol. The number of aryl methyl sites for hydroxylation is 1. The largest absolute Gasteiger partial charge is 0.466 e. The zero-order valence-corrected chi connectivity index (χ0v) is 17.9. The number of thioether (sulfide) groups is 1. The van der Waals surface area contributed by atoms with Gasteiger partial charge in [-0.3, -0.25) is 9.59 Å². The second kappa shape index (κ2) is 9.93. The first-order valence-electron chi connectivity index (χ1n) is 9.37. The number of amides is 1. The fourth-order valence-electron chi connectivity index (χ4n) is 3.05. The molecule has 1 fully saturated rings. The zero-order valence-electron chi connectivity index (χ0n) is 16.2. The molecule has 6 nitrogen and oxygen atoms in total. The highest BCUT2D eigenvalue weighted by molar-refractivity contribution is 8.01. The Morgan fingerprint density at radius 1 is 1.25 bits per heavy atom. The Morgan fingerprint density at radius 2 is 2.04 bits per heavy atom. The van der Waals surface area contributed by atoms with E-state index in [0.717, 1.165) is 30.5 Å². The fourth-order valence-corrected chi connectivity index (χ4v) is 4.80. The molecule has 2 heterocycles. The average molecular weight is 420 g/mol. The molecule has 8 heteroatoms. The van der Waals surface area contributed by atoms with Gasteiger partial charge in [0.2, 0.25) is 5.91 Å². The van der Waals surface area contributed by atoms with E-state index in [1.165, 1.54) is 34.3 Å². The van der Waals surface area contributed by atoms with Gasteiger partial charge in [0.15, 0.2) is 4.34 Å². The standard InChI is InChI=1S/C20H25N3O3S2/c1-3-26-19(25)12-16-13-27-20(21-16)28-14-18(24)23-9-7-22(8-10-23)17-6-4-5-15(2)11-17/h4-6,11,13H,3,7-10,12,14H2,1-2H3. The lowest BCUT2D eigenvalue weighted by molar-refractivity contribution is -0.142. The number of ether oxygens (including phenoxy) is 1. The number of esters is 1. The molecule has 1 aliphatic heterocycles. The number of anilines is 1. The van der Waals surface area contributed by atoms with Gasteiger partial charge < -0.3 is 14.5 Å². The lowest BCUT2D eigenvalue weighted by atomic mass is 10.2. The minimum absolute atomic E-state index is 0.135. The Kier molecular flexibility index (Phi) is 7.33. The maximum atomic E-state index is 12.5. The van der Waals surface area contributed by atoms with Crippen molar-refractivity contribution in [1.82, 2.24) is 9.88 Å². The van der Waals surface area contributed by atoms with E-state index >= 15 is 0 Å². The second-order valence-electron chi connectivity index (χ2n) is 6.58. The van der Waals surface area contributed by atoms with Crippen LogP contribution in [0.25, 0.3) is 0 Å². The molecule has 1 saturated heterocycles. The van der Waals surface area contributed by atoms with Crippen molar-refractivity contribution in [2.45, 2.75) is 24.6 Å². The number of piperazine rings is 1. The van der Waals surface area contributed by atoms with Crippen molar-refractivity contribution in [1.29, 1.82) is 0 Å². The molecule has 1 aromatic carbocycles. The minimum atomic E-state index is -0.271. The summed E-state index contributed by atoms with van der Waals surface area (Å²) in [6.45, 7) is 7.42. The monoisotopic (exact) mass is 419 g/mol. The van der Waals surface area contributed by atoms with E-state index in [-0.39, 0.29) is 18.3 Å². The number of aromatic nitrogens is 1. The summed E-state index contributed by atoms with van der Waals surface area (Å²) in [7, 11) is 0. The van der Waals surface area contributed by atoms with Crippen LogP contribution in [0.1, 0.15) is 18.2 Å². The van der Waals surface area contributed by atoms with Gasteiger partial charge in [-0.15, -0.1) is 11.3 Å². The number of benzene rings is 1. The predicted octanol–water partition coefficient (Wildman–Crippen LogP) is 3.00. The number of carbonyl (C=O) groups is 2. The van der Waals surface area contributed by atoms with Crippen LogP contribution in [0.4, 0.5) is 5.69 Å². The van der Waals surface area contributed by atoms with Crippen molar-refractivity contribution >= 4 is 40.7 Å². The Hall–Kier alpha value is -2.06. The number of thiazole rings is 1. The number of nitrogens with zero attached hydrogens (tertiary/aromatic N) is 3. The second-order valence-corrected chi connectivity index (χ2v) is 8.66. The van der Waals surface area contributed by atoms with Crippen LogP contribution >= 0.6 is 23.1 Å². The summed E-state index contributed by atoms with van der Waals surface area (Å²) in [6, 6.07) is 8.47. The van der Waals surface area contributed by atoms with Gasteiger partial charge in [-0.2, -0.15) is 0 Å². The molecule has 1 amide bonds. The molecular weight excluding hydrogens is 394 g/mol. The van der Waals surface area contributed by atoms with Crippen molar-refractivity contribution in [2.75, 3.05) is 43.4 Å². The normalized spacial score (nSPS) is 14.2. The maximum absolute atomic E-state index is 12.5. The highest BCUT2D eigenvalue weighted by atomic mass is 32.2. The molecule has 0 bridgehead atoms. The Labute approximate surface area is 173 Å². The SMILES string of the molecule is CCOC(=O)Cc1csc(SCC(=O)N2CCN(c3cccc(C)c3)CC2)n1. The fraction of sp³-hybridized carbons (Fsp3) is 0.450. The summed E-state index contributed by atoms with van der Waals surface area (Å²) in [5, 5.41) is 1.85. The van der Waals surface area contributed by atoms with Gasteiger partial charge in [-0.05, 0) is 31.5 Å². The van der Waals surface area contributed by atoms with E-state index in [0.29, 0.717) is 18.1 Å². The van der Waals surface area contributed by atoms with Crippen molar-refractivity contribution in [3.63, 3.8) is 0 Å². The van der Waals surface area contributed by atoms with E-state index in [1.807, 2.05) is 10.3 Å². The molecule has 3 rings (SSSR count). The molecule has 0 unspecified atom stereocenters. The van der Waals surface area contributed by atoms with Gasteiger partial charge in [0.1, 0.15) is 0 Å². The van der Waals surface area contributed by atoms with Crippen LogP contribution in [0.15, 0.2) is 34.0 Å². The molecule has 0 aliphatic carbocycles. The Balaban J connectivity index is 1.44. The van der Waals surface area contributed by atoms with E-state index in [4.69, 9.17) is 4.74 Å². The smallest absolute Gasteiger partial charge is 0.311 e. The Bertz CT molecular complexity index is 817. The highest BCUT2D eigenvalue weighted by Gasteiger charge is 2.21. The van der Waals surface area contributed by atoms with E-state index < -0.39 is 0 Å². The molecule has 0 saturated carbocycles. The summed E-state index contributed by atoms with van der Waals surface area (Å²) in [5.41, 5.74) is 3.17. The van der Waals surface area contributed by atoms with E-state index in [9.17, 15) is 9.59 Å². The molecule has 0 spiro atoms. The summed E-state index contributed by atoms with van der Waals surface area (Å²) < 4.78 is 5.74. The first-order valence-corrected chi connectivity index (χ1v) is 11.2. The molecule has 28 heavy (non-hydrogen) atoms. The molecule has 0 radical (unpaired) electrons. The van der Waals surface area contributed by atoms with Gasteiger partial charge in [0.05, 0.1) is 24.5 Å². The summed E-state index contributed by atoms with van der Waals surface area (Å²) in [5.74, 6) is 0.236. The van der Waals surface area contributed by atoms with Crippen LogP contribution < -0.4 is 4.90 Å². The third-order valence-corrected chi connectivity index (χ3v) is 6.53. The zero-order chi connectivity index (χ0) is 19.9. The van der Waals surface area contributed by atoms with Crippen molar-refractivity contribution in [2.24, 2.45) is 0 Å². The lowest BCUT2D eigenvalue weighted by Crippen LogP contribution is -2.49. The summed E-state index contributed by atoms with van der Waals surface area (Å²) in [6.07, 6.45) is 0.180. The third-order valence-electron chi connectivity index (χ3n) is 4.48. The van der Waals surface area contributed by atoms with Gasteiger partial charge in [0, 0.05) is 37.2 Å². The van der Waals surface area contributed by atoms with Crippen LogP contribution in [-0.4, -0.2) is 60.3 Å².